The van der Waals surface area contributed by atoms with Gasteiger partial charge in [-0.05, 0) is 17.5 Å². The molecule has 0 saturated carbocycles. The van der Waals surface area contributed by atoms with Crippen LogP contribution >= 0.6 is 22.9 Å². The van der Waals surface area contributed by atoms with E-state index >= 15 is 0 Å². The van der Waals surface area contributed by atoms with Crippen molar-refractivity contribution in [1.82, 2.24) is 0 Å². The predicted octanol–water partition coefficient (Wildman–Crippen LogP) is 3.43. The number of ether oxygens (including phenoxy) is 1. The highest BCUT2D eigenvalue weighted by molar-refractivity contribution is 7.21. The highest BCUT2D eigenvalue weighted by atomic mass is 35.5. The summed E-state index contributed by atoms with van der Waals surface area (Å²) < 4.78 is 6.01. The monoisotopic (exact) mass is 223 g/mol. The number of benzene rings is 1. The first-order valence-electron chi connectivity index (χ1n) is 3.92. The van der Waals surface area contributed by atoms with Gasteiger partial charge in [0.25, 0.3) is 0 Å². The summed E-state index contributed by atoms with van der Waals surface area (Å²) in [5.74, 6) is 0. The van der Waals surface area contributed by atoms with Crippen LogP contribution in [0.3, 0.4) is 0 Å². The molecule has 0 bridgehead atoms. The van der Waals surface area contributed by atoms with Gasteiger partial charge < -0.3 is 4.74 Å². The summed E-state index contributed by atoms with van der Waals surface area (Å²) in [7, 11) is 1.61. The van der Waals surface area contributed by atoms with E-state index in [2.05, 4.69) is 0 Å². The van der Waals surface area contributed by atoms with Crippen LogP contribution in [0.1, 0.15) is 5.56 Å². The molecule has 0 spiro atoms. The molecule has 0 radical (unpaired) electrons. The number of hydrogen-bond donors (Lipinski definition) is 0. The van der Waals surface area contributed by atoms with E-state index in [1.807, 2.05) is 18.2 Å². The molecule has 0 aliphatic rings. The second-order valence-electron chi connectivity index (χ2n) is 2.73. The smallest absolute Gasteiger partial charge is 0.174 e. The molecule has 0 saturated heterocycles. The fraction of sp³-hybridized carbons (Fsp3) is 0.100. The minimum Gasteiger partial charge on any atom is -0.487 e. The number of fused-ring (bicyclic) bond motifs is 1. The Balaban J connectivity index is 2.76. The van der Waals surface area contributed by atoms with Crippen LogP contribution < -0.4 is 4.74 Å². The average molecular weight is 224 g/mol. The van der Waals surface area contributed by atoms with Crippen LogP contribution in [0.15, 0.2) is 18.2 Å². The minimum atomic E-state index is 0.503. The van der Waals surface area contributed by atoms with Crippen molar-refractivity contribution in [3.63, 3.8) is 0 Å². The zero-order valence-corrected chi connectivity index (χ0v) is 8.95. The fourth-order valence-corrected chi connectivity index (χ4v) is 2.48. The normalized spacial score (nSPS) is 10.1. The summed E-state index contributed by atoms with van der Waals surface area (Å²) in [6.07, 6.45) is 0. The molecule has 4 heteroatoms. The molecule has 0 fully saturated rings. The van der Waals surface area contributed by atoms with Gasteiger partial charge in [-0.15, -0.1) is 0 Å². The van der Waals surface area contributed by atoms with E-state index in [0.717, 1.165) is 15.1 Å². The van der Waals surface area contributed by atoms with Crippen LogP contribution in [0.2, 0.25) is 5.02 Å². The largest absolute Gasteiger partial charge is 0.487 e. The summed E-state index contributed by atoms with van der Waals surface area (Å²) in [6.45, 7) is 0. The van der Waals surface area contributed by atoms with Crippen LogP contribution in [-0.4, -0.2) is 7.11 Å². The van der Waals surface area contributed by atoms with Crippen molar-refractivity contribution in [2.24, 2.45) is 0 Å². The van der Waals surface area contributed by atoms with Gasteiger partial charge in [-0.3, -0.25) is 0 Å². The summed E-state index contributed by atoms with van der Waals surface area (Å²) >= 11 is 7.49. The molecular weight excluding hydrogens is 218 g/mol. The van der Waals surface area contributed by atoms with Gasteiger partial charge in [-0.25, -0.2) is 0 Å². The molecular formula is C10H6ClNOS. The first-order valence-corrected chi connectivity index (χ1v) is 5.12. The molecule has 0 atom stereocenters. The highest BCUT2D eigenvalue weighted by Crippen LogP contribution is 2.37. The van der Waals surface area contributed by atoms with Crippen LogP contribution in [0, 0.1) is 11.3 Å². The van der Waals surface area contributed by atoms with Crippen molar-refractivity contribution in [1.29, 1.82) is 5.26 Å². The summed E-state index contributed by atoms with van der Waals surface area (Å²) in [5.41, 5.74) is 0.503. The number of rotatable bonds is 1. The Morgan fingerprint density at radius 1 is 1.50 bits per heavy atom. The van der Waals surface area contributed by atoms with Crippen LogP contribution in [0.5, 0.6) is 5.06 Å². The van der Waals surface area contributed by atoms with Gasteiger partial charge in [0.05, 0.1) is 22.4 Å². The maximum absolute atomic E-state index is 8.78. The lowest BCUT2D eigenvalue weighted by molar-refractivity contribution is 0.427. The average Bonchev–Trinajstić information content (AvgIpc) is 2.62. The third-order valence-corrected chi connectivity index (χ3v) is 3.56. The van der Waals surface area contributed by atoms with Gasteiger partial charge in [0.1, 0.15) is 6.07 Å². The molecule has 1 heterocycles. The molecule has 0 aliphatic heterocycles. The molecule has 1 aromatic carbocycles. The van der Waals surface area contributed by atoms with Crippen molar-refractivity contribution >= 4 is 33.0 Å². The maximum Gasteiger partial charge on any atom is 0.174 e. The first kappa shape index (κ1) is 9.32. The fourth-order valence-electron chi connectivity index (χ4n) is 1.23. The molecule has 14 heavy (non-hydrogen) atoms. The number of nitriles is 1. The summed E-state index contributed by atoms with van der Waals surface area (Å²) in [6, 6.07) is 7.55. The Labute approximate surface area is 90.3 Å². The van der Waals surface area contributed by atoms with E-state index < -0.39 is 0 Å². The lowest BCUT2D eigenvalue weighted by atomic mass is 10.2. The molecule has 0 amide bonds. The SMILES string of the molecule is COc1cc2ccc(C#N)c(Cl)c2s1. The second kappa shape index (κ2) is 3.49. The first-order chi connectivity index (χ1) is 6.76. The van der Waals surface area contributed by atoms with E-state index in [-0.39, 0.29) is 0 Å². The van der Waals surface area contributed by atoms with Crippen molar-refractivity contribution in [2.75, 3.05) is 7.11 Å². The van der Waals surface area contributed by atoms with Crippen LogP contribution in [0.4, 0.5) is 0 Å². The van der Waals surface area contributed by atoms with E-state index in [4.69, 9.17) is 21.6 Å². The van der Waals surface area contributed by atoms with Gasteiger partial charge in [-0.2, -0.15) is 5.26 Å². The third-order valence-electron chi connectivity index (χ3n) is 1.93. The second-order valence-corrected chi connectivity index (χ2v) is 4.12. The number of hydrogen-bond acceptors (Lipinski definition) is 3. The van der Waals surface area contributed by atoms with Crippen molar-refractivity contribution in [3.05, 3.63) is 28.8 Å². The Morgan fingerprint density at radius 2 is 2.29 bits per heavy atom. The standard InChI is InChI=1S/C10H6ClNOS/c1-13-8-4-6-2-3-7(5-12)9(11)10(6)14-8/h2-4H,1H3. The zero-order valence-electron chi connectivity index (χ0n) is 7.37. The zero-order chi connectivity index (χ0) is 10.1. The Bertz CT molecular complexity index is 527. The van der Waals surface area contributed by atoms with Crippen molar-refractivity contribution < 1.29 is 4.74 Å². The highest BCUT2D eigenvalue weighted by Gasteiger charge is 2.08. The summed E-state index contributed by atoms with van der Waals surface area (Å²) in [4.78, 5) is 0. The molecule has 70 valence electrons. The predicted molar refractivity (Wildman–Crippen MR) is 58.1 cm³/mol. The number of halogens is 1. The van der Waals surface area contributed by atoms with Gasteiger partial charge in [-0.1, -0.05) is 29.0 Å². The van der Waals surface area contributed by atoms with Gasteiger partial charge in [0, 0.05) is 0 Å². The topological polar surface area (TPSA) is 33.0 Å². The molecule has 2 aromatic rings. The van der Waals surface area contributed by atoms with E-state index in [0.29, 0.717) is 10.6 Å². The minimum absolute atomic E-state index is 0.503. The Morgan fingerprint density at radius 3 is 2.93 bits per heavy atom. The molecule has 2 rings (SSSR count). The van der Waals surface area contributed by atoms with Crippen LogP contribution in [0.25, 0.3) is 10.1 Å². The van der Waals surface area contributed by atoms with Crippen molar-refractivity contribution in [2.45, 2.75) is 0 Å². The molecule has 2 nitrogen and oxygen atoms in total. The Hall–Kier alpha value is -1.24. The maximum atomic E-state index is 8.78. The van der Waals surface area contributed by atoms with E-state index in [9.17, 15) is 0 Å². The van der Waals surface area contributed by atoms with Gasteiger partial charge >= 0.3 is 0 Å². The van der Waals surface area contributed by atoms with Gasteiger partial charge in [0.15, 0.2) is 5.06 Å². The van der Waals surface area contributed by atoms with E-state index in [1.54, 1.807) is 13.2 Å². The molecule has 1 aromatic heterocycles. The Kier molecular flexibility index (Phi) is 2.32. The lowest BCUT2D eigenvalue weighted by Gasteiger charge is -1.94. The quantitative estimate of drug-likeness (QED) is 0.742. The molecule has 0 unspecified atom stereocenters. The molecule has 0 N–H and O–H groups in total. The van der Waals surface area contributed by atoms with Crippen molar-refractivity contribution in [3.8, 4) is 11.1 Å². The number of methoxy groups -OCH3 is 1. The van der Waals surface area contributed by atoms with E-state index in [1.165, 1.54) is 11.3 Å². The summed E-state index contributed by atoms with van der Waals surface area (Å²) in [5, 5.41) is 11.1. The number of thiophene rings is 1. The van der Waals surface area contributed by atoms with Gasteiger partial charge in [0.2, 0.25) is 0 Å². The third kappa shape index (κ3) is 1.33. The number of nitrogens with zero attached hydrogens (tertiary/aromatic N) is 1. The van der Waals surface area contributed by atoms with Crippen LogP contribution in [-0.2, 0) is 0 Å². The molecule has 0 aliphatic carbocycles. The lowest BCUT2D eigenvalue weighted by Crippen LogP contribution is -1.74.